The summed E-state index contributed by atoms with van der Waals surface area (Å²) in [6.45, 7) is 5.29. The van der Waals surface area contributed by atoms with Gasteiger partial charge >= 0.3 is 0 Å². The van der Waals surface area contributed by atoms with Crippen molar-refractivity contribution in [2.75, 3.05) is 49.2 Å². The highest BCUT2D eigenvalue weighted by Gasteiger charge is 2.24. The van der Waals surface area contributed by atoms with Crippen molar-refractivity contribution in [2.45, 2.75) is 25.4 Å². The summed E-state index contributed by atoms with van der Waals surface area (Å²) in [5, 5.41) is 3.17. The average Bonchev–Trinajstić information content (AvgIpc) is 2.80. The number of nitrogens with two attached hydrogens (primary N) is 1. The number of hydrogen-bond donors (Lipinski definition) is 2. The number of anilines is 2. The van der Waals surface area contributed by atoms with E-state index in [1.165, 1.54) is 0 Å². The van der Waals surface area contributed by atoms with Gasteiger partial charge in [0.15, 0.2) is 0 Å². The van der Waals surface area contributed by atoms with E-state index in [0.717, 1.165) is 69.4 Å². The summed E-state index contributed by atoms with van der Waals surface area (Å²) in [5.74, 6) is 1.80. The van der Waals surface area contributed by atoms with Crippen molar-refractivity contribution in [3.05, 3.63) is 47.8 Å². The zero-order chi connectivity index (χ0) is 20.1. The molecule has 29 heavy (non-hydrogen) atoms. The van der Waals surface area contributed by atoms with Crippen LogP contribution < -0.4 is 20.9 Å². The number of amides is 1. The maximum atomic E-state index is 12.6. The van der Waals surface area contributed by atoms with Gasteiger partial charge in [-0.2, -0.15) is 0 Å². The van der Waals surface area contributed by atoms with Crippen molar-refractivity contribution in [1.29, 1.82) is 0 Å². The second-order valence-electron chi connectivity index (χ2n) is 7.49. The van der Waals surface area contributed by atoms with Gasteiger partial charge in [0.2, 0.25) is 0 Å². The molecule has 0 saturated carbocycles. The van der Waals surface area contributed by atoms with Gasteiger partial charge < -0.3 is 25.6 Å². The zero-order valence-electron chi connectivity index (χ0n) is 16.6. The van der Waals surface area contributed by atoms with Crippen molar-refractivity contribution in [3.63, 3.8) is 0 Å². The molecule has 2 fully saturated rings. The van der Waals surface area contributed by atoms with Crippen LogP contribution in [0.1, 0.15) is 28.8 Å². The molecule has 2 aliphatic rings. The molecule has 1 aromatic carbocycles. The topological polar surface area (TPSA) is 96.6 Å². The Balaban J connectivity index is 1.39. The number of nitrogens with one attached hydrogen (secondary N) is 1. The molecule has 0 aliphatic carbocycles. The molecular weight excluding hydrogens is 368 g/mol. The number of piperidine rings is 1. The number of nitrogens with zero attached hydrogens (tertiary/aromatic N) is 4. The maximum absolute atomic E-state index is 12.6. The standard InChI is InChI=1S/C21H28N6O2/c22-13-16-3-5-17(6-4-16)21(28)25-18-2-1-7-27(14-18)20-12-19(23-15-24-20)26-8-10-29-11-9-26/h3-6,12,15,18H,1-2,7-11,13-14,22H2,(H,25,28). The number of rotatable bonds is 5. The van der Waals surface area contributed by atoms with E-state index < -0.39 is 0 Å². The molecule has 2 saturated heterocycles. The largest absolute Gasteiger partial charge is 0.378 e. The summed E-state index contributed by atoms with van der Waals surface area (Å²) in [6, 6.07) is 9.59. The van der Waals surface area contributed by atoms with Gasteiger partial charge in [0.05, 0.1) is 13.2 Å². The van der Waals surface area contributed by atoms with Crippen LogP contribution in [0.25, 0.3) is 0 Å². The highest BCUT2D eigenvalue weighted by molar-refractivity contribution is 5.94. The molecule has 0 spiro atoms. The molecule has 1 amide bonds. The van der Waals surface area contributed by atoms with E-state index in [9.17, 15) is 4.79 Å². The lowest BCUT2D eigenvalue weighted by molar-refractivity contribution is 0.0933. The van der Waals surface area contributed by atoms with Crippen molar-refractivity contribution in [1.82, 2.24) is 15.3 Å². The van der Waals surface area contributed by atoms with Gasteiger partial charge in [0.25, 0.3) is 5.91 Å². The van der Waals surface area contributed by atoms with Crippen LogP contribution in [0.3, 0.4) is 0 Å². The lowest BCUT2D eigenvalue weighted by atomic mass is 10.0. The van der Waals surface area contributed by atoms with Crippen LogP contribution in [-0.2, 0) is 11.3 Å². The maximum Gasteiger partial charge on any atom is 0.251 e. The summed E-state index contributed by atoms with van der Waals surface area (Å²) in [5.41, 5.74) is 7.31. The van der Waals surface area contributed by atoms with Gasteiger partial charge in [0, 0.05) is 50.4 Å². The number of morpholine rings is 1. The monoisotopic (exact) mass is 396 g/mol. The second-order valence-corrected chi connectivity index (χ2v) is 7.49. The van der Waals surface area contributed by atoms with Crippen LogP contribution >= 0.6 is 0 Å². The van der Waals surface area contributed by atoms with E-state index in [1.807, 2.05) is 30.3 Å². The fraction of sp³-hybridized carbons (Fsp3) is 0.476. The minimum atomic E-state index is -0.0443. The molecule has 2 aromatic rings. The number of carbonyl (C=O) groups excluding carboxylic acids is 1. The van der Waals surface area contributed by atoms with Crippen molar-refractivity contribution in [3.8, 4) is 0 Å². The minimum absolute atomic E-state index is 0.0443. The van der Waals surface area contributed by atoms with Crippen molar-refractivity contribution >= 4 is 17.5 Å². The number of ether oxygens (including phenoxy) is 1. The highest BCUT2D eigenvalue weighted by atomic mass is 16.5. The summed E-state index contributed by atoms with van der Waals surface area (Å²) >= 11 is 0. The molecule has 1 atom stereocenters. The van der Waals surface area contributed by atoms with Crippen molar-refractivity contribution < 1.29 is 9.53 Å². The molecule has 8 nitrogen and oxygen atoms in total. The molecule has 4 rings (SSSR count). The van der Waals surface area contributed by atoms with E-state index in [4.69, 9.17) is 10.5 Å². The zero-order valence-corrected chi connectivity index (χ0v) is 16.6. The van der Waals surface area contributed by atoms with E-state index in [-0.39, 0.29) is 11.9 Å². The summed E-state index contributed by atoms with van der Waals surface area (Å²) in [7, 11) is 0. The van der Waals surface area contributed by atoms with E-state index >= 15 is 0 Å². The van der Waals surface area contributed by atoms with Crippen LogP contribution in [0, 0.1) is 0 Å². The van der Waals surface area contributed by atoms with Gasteiger partial charge in [-0.1, -0.05) is 12.1 Å². The average molecular weight is 396 g/mol. The fourth-order valence-corrected chi connectivity index (χ4v) is 3.84. The number of aromatic nitrogens is 2. The SMILES string of the molecule is NCc1ccc(C(=O)NC2CCCN(c3cc(N4CCOCC4)ncn3)C2)cc1. The third kappa shape index (κ3) is 4.83. The molecule has 3 N–H and O–H groups in total. The molecule has 8 heteroatoms. The van der Waals surface area contributed by atoms with Crippen LogP contribution in [0.15, 0.2) is 36.7 Å². The van der Waals surface area contributed by atoms with Crippen LogP contribution in [-0.4, -0.2) is 61.3 Å². The molecule has 0 radical (unpaired) electrons. The first-order valence-electron chi connectivity index (χ1n) is 10.2. The smallest absolute Gasteiger partial charge is 0.251 e. The molecule has 2 aliphatic heterocycles. The Labute approximate surface area is 171 Å². The van der Waals surface area contributed by atoms with Gasteiger partial charge in [-0.15, -0.1) is 0 Å². The van der Waals surface area contributed by atoms with Crippen LogP contribution in [0.4, 0.5) is 11.6 Å². The molecule has 154 valence electrons. The minimum Gasteiger partial charge on any atom is -0.378 e. The Morgan fingerprint density at radius 1 is 1.10 bits per heavy atom. The first kappa shape index (κ1) is 19.6. The quantitative estimate of drug-likeness (QED) is 0.783. The fourth-order valence-electron chi connectivity index (χ4n) is 3.84. The highest BCUT2D eigenvalue weighted by Crippen LogP contribution is 2.22. The summed E-state index contributed by atoms with van der Waals surface area (Å²) in [6.07, 6.45) is 3.60. The number of benzene rings is 1. The second kappa shape index (κ2) is 9.19. The molecule has 3 heterocycles. The third-order valence-corrected chi connectivity index (χ3v) is 5.51. The number of hydrogen-bond acceptors (Lipinski definition) is 7. The Kier molecular flexibility index (Phi) is 6.21. The predicted molar refractivity (Wildman–Crippen MR) is 112 cm³/mol. The predicted octanol–water partition coefficient (Wildman–Crippen LogP) is 1.17. The molecule has 1 aromatic heterocycles. The normalized spacial score (nSPS) is 19.8. The van der Waals surface area contributed by atoms with Crippen molar-refractivity contribution in [2.24, 2.45) is 5.73 Å². The van der Waals surface area contributed by atoms with Gasteiger partial charge in [0.1, 0.15) is 18.0 Å². The Morgan fingerprint density at radius 3 is 2.55 bits per heavy atom. The lowest BCUT2D eigenvalue weighted by Gasteiger charge is -2.34. The Hall–Kier alpha value is -2.71. The third-order valence-electron chi connectivity index (χ3n) is 5.51. The molecular formula is C21H28N6O2. The van der Waals surface area contributed by atoms with E-state index in [0.29, 0.717) is 12.1 Å². The lowest BCUT2D eigenvalue weighted by Crippen LogP contribution is -2.48. The van der Waals surface area contributed by atoms with Gasteiger partial charge in [-0.3, -0.25) is 4.79 Å². The molecule has 0 bridgehead atoms. The van der Waals surface area contributed by atoms with Gasteiger partial charge in [-0.05, 0) is 30.5 Å². The summed E-state index contributed by atoms with van der Waals surface area (Å²) in [4.78, 5) is 26.0. The van der Waals surface area contributed by atoms with E-state index in [1.54, 1.807) is 6.33 Å². The Morgan fingerprint density at radius 2 is 1.83 bits per heavy atom. The Bertz CT molecular complexity index is 822. The number of carbonyl (C=O) groups is 1. The molecule has 1 unspecified atom stereocenters. The summed E-state index contributed by atoms with van der Waals surface area (Å²) < 4.78 is 5.43. The van der Waals surface area contributed by atoms with Crippen LogP contribution in [0.2, 0.25) is 0 Å². The first-order valence-corrected chi connectivity index (χ1v) is 10.2. The first-order chi connectivity index (χ1) is 14.2. The van der Waals surface area contributed by atoms with Crippen LogP contribution in [0.5, 0.6) is 0 Å². The van der Waals surface area contributed by atoms with Gasteiger partial charge in [-0.25, -0.2) is 9.97 Å². The van der Waals surface area contributed by atoms with E-state index in [2.05, 4.69) is 25.1 Å².